The number of carbonyl (C=O) groups excluding carboxylic acids is 1. The average molecular weight is 221 g/mol. The van der Waals surface area contributed by atoms with Crippen LogP contribution in [0, 0.1) is 5.92 Å². The predicted octanol–water partition coefficient (Wildman–Crippen LogP) is 1.32. The van der Waals surface area contributed by atoms with Crippen LogP contribution >= 0.6 is 12.4 Å². The minimum atomic E-state index is 0. The van der Waals surface area contributed by atoms with Gasteiger partial charge in [-0.1, -0.05) is 6.92 Å². The Balaban J connectivity index is 0.00000169. The second kappa shape index (κ2) is 7.07. The Bertz CT molecular complexity index is 176. The van der Waals surface area contributed by atoms with Crippen LogP contribution in [-0.4, -0.2) is 25.0 Å². The predicted molar refractivity (Wildman–Crippen MR) is 60.7 cm³/mol. The van der Waals surface area contributed by atoms with Crippen molar-refractivity contribution in [1.29, 1.82) is 0 Å². The lowest BCUT2D eigenvalue weighted by Crippen LogP contribution is -2.46. The number of hydrogen-bond donors (Lipinski definition) is 2. The Labute approximate surface area is 92.4 Å². The van der Waals surface area contributed by atoms with Gasteiger partial charge in [-0.05, 0) is 32.7 Å². The molecule has 1 fully saturated rings. The van der Waals surface area contributed by atoms with Crippen LogP contribution in [0.3, 0.4) is 0 Å². The van der Waals surface area contributed by atoms with Gasteiger partial charge in [-0.2, -0.15) is 0 Å². The minimum Gasteiger partial charge on any atom is -0.356 e. The van der Waals surface area contributed by atoms with Gasteiger partial charge in [0.1, 0.15) is 0 Å². The molecular weight excluding hydrogens is 200 g/mol. The molecule has 1 aliphatic heterocycles. The van der Waals surface area contributed by atoms with Crippen molar-refractivity contribution >= 4 is 18.3 Å². The number of rotatable bonds is 3. The molecule has 0 aromatic carbocycles. The topological polar surface area (TPSA) is 41.1 Å². The molecule has 0 aromatic heterocycles. The van der Waals surface area contributed by atoms with Crippen molar-refractivity contribution in [3.63, 3.8) is 0 Å². The van der Waals surface area contributed by atoms with Gasteiger partial charge in [0.05, 0.1) is 5.92 Å². The number of carbonyl (C=O) groups is 1. The van der Waals surface area contributed by atoms with E-state index in [-0.39, 0.29) is 24.2 Å². The molecule has 2 atom stereocenters. The molecule has 0 unspecified atom stereocenters. The molecule has 0 radical (unpaired) electrons. The van der Waals surface area contributed by atoms with Crippen molar-refractivity contribution in [1.82, 2.24) is 10.6 Å². The SMILES string of the molecule is CCCNC(=O)[C@@H]1CCCN[C@@H]1C.Cl. The van der Waals surface area contributed by atoms with Gasteiger partial charge in [-0.15, -0.1) is 12.4 Å². The smallest absolute Gasteiger partial charge is 0.224 e. The Morgan fingerprint density at radius 2 is 2.29 bits per heavy atom. The van der Waals surface area contributed by atoms with Crippen molar-refractivity contribution in [2.75, 3.05) is 13.1 Å². The average Bonchev–Trinajstić information content (AvgIpc) is 2.15. The van der Waals surface area contributed by atoms with Crippen LogP contribution in [0.2, 0.25) is 0 Å². The first-order valence-electron chi connectivity index (χ1n) is 5.26. The van der Waals surface area contributed by atoms with Gasteiger partial charge in [0.2, 0.25) is 5.91 Å². The molecule has 0 aliphatic carbocycles. The maximum absolute atomic E-state index is 11.6. The van der Waals surface area contributed by atoms with E-state index in [1.165, 1.54) is 0 Å². The van der Waals surface area contributed by atoms with Gasteiger partial charge in [0, 0.05) is 12.6 Å². The van der Waals surface area contributed by atoms with E-state index in [1.807, 2.05) is 0 Å². The fraction of sp³-hybridized carbons (Fsp3) is 0.900. The Morgan fingerprint density at radius 3 is 2.86 bits per heavy atom. The normalized spacial score (nSPS) is 26.4. The number of halogens is 1. The Kier molecular flexibility index (Phi) is 6.93. The van der Waals surface area contributed by atoms with E-state index in [4.69, 9.17) is 0 Å². The molecule has 14 heavy (non-hydrogen) atoms. The monoisotopic (exact) mass is 220 g/mol. The van der Waals surface area contributed by atoms with Gasteiger partial charge in [-0.3, -0.25) is 4.79 Å². The molecule has 0 spiro atoms. The van der Waals surface area contributed by atoms with Gasteiger partial charge in [-0.25, -0.2) is 0 Å². The molecule has 0 saturated carbocycles. The van der Waals surface area contributed by atoms with Gasteiger partial charge in [0.25, 0.3) is 0 Å². The summed E-state index contributed by atoms with van der Waals surface area (Å²) < 4.78 is 0. The second-order valence-corrected chi connectivity index (χ2v) is 3.78. The third kappa shape index (κ3) is 3.84. The van der Waals surface area contributed by atoms with Crippen LogP contribution < -0.4 is 10.6 Å². The lowest BCUT2D eigenvalue weighted by molar-refractivity contribution is -0.126. The Morgan fingerprint density at radius 1 is 1.57 bits per heavy atom. The molecule has 1 rings (SSSR count). The highest BCUT2D eigenvalue weighted by atomic mass is 35.5. The fourth-order valence-electron chi connectivity index (χ4n) is 1.78. The standard InChI is InChI=1S/C10H20N2O.ClH/c1-3-6-12-10(13)9-5-4-7-11-8(9)2;/h8-9,11H,3-7H2,1-2H3,(H,12,13);1H/t8-,9-;/m1./s1. The number of nitrogens with one attached hydrogen (secondary N) is 2. The van der Waals surface area contributed by atoms with Crippen molar-refractivity contribution in [3.8, 4) is 0 Å². The first-order chi connectivity index (χ1) is 6.25. The molecule has 0 aromatic rings. The fourth-order valence-corrected chi connectivity index (χ4v) is 1.78. The molecule has 2 N–H and O–H groups in total. The number of amides is 1. The van der Waals surface area contributed by atoms with E-state index in [2.05, 4.69) is 24.5 Å². The molecule has 1 heterocycles. The number of piperidine rings is 1. The molecule has 3 nitrogen and oxygen atoms in total. The number of hydrogen-bond acceptors (Lipinski definition) is 2. The molecule has 1 amide bonds. The lowest BCUT2D eigenvalue weighted by Gasteiger charge is -2.28. The van der Waals surface area contributed by atoms with Crippen molar-refractivity contribution in [2.45, 2.75) is 39.2 Å². The third-order valence-electron chi connectivity index (χ3n) is 2.65. The van der Waals surface area contributed by atoms with Crippen LogP contribution in [-0.2, 0) is 4.79 Å². The van der Waals surface area contributed by atoms with Gasteiger partial charge in [0.15, 0.2) is 0 Å². The van der Waals surface area contributed by atoms with Crippen molar-refractivity contribution in [2.24, 2.45) is 5.92 Å². The van der Waals surface area contributed by atoms with Crippen LogP contribution in [0.4, 0.5) is 0 Å². The summed E-state index contributed by atoms with van der Waals surface area (Å²) in [6.45, 7) is 6.03. The maximum atomic E-state index is 11.6. The van der Waals surface area contributed by atoms with Crippen LogP contribution in [0.25, 0.3) is 0 Å². The first kappa shape index (κ1) is 13.7. The van der Waals surface area contributed by atoms with Gasteiger partial charge >= 0.3 is 0 Å². The highest BCUT2D eigenvalue weighted by Gasteiger charge is 2.26. The van der Waals surface area contributed by atoms with E-state index in [0.29, 0.717) is 6.04 Å². The first-order valence-corrected chi connectivity index (χ1v) is 5.26. The van der Waals surface area contributed by atoms with E-state index in [1.54, 1.807) is 0 Å². The minimum absolute atomic E-state index is 0. The molecule has 1 aliphatic rings. The molecule has 1 saturated heterocycles. The van der Waals surface area contributed by atoms with Crippen LogP contribution in [0.1, 0.15) is 33.1 Å². The summed E-state index contributed by atoms with van der Waals surface area (Å²) in [5, 5.41) is 6.28. The third-order valence-corrected chi connectivity index (χ3v) is 2.65. The summed E-state index contributed by atoms with van der Waals surface area (Å²) in [7, 11) is 0. The van der Waals surface area contributed by atoms with Crippen LogP contribution in [0.15, 0.2) is 0 Å². The molecule has 0 bridgehead atoms. The zero-order valence-electron chi connectivity index (χ0n) is 9.01. The van der Waals surface area contributed by atoms with Crippen molar-refractivity contribution in [3.05, 3.63) is 0 Å². The Hall–Kier alpha value is -0.280. The largest absolute Gasteiger partial charge is 0.356 e. The zero-order chi connectivity index (χ0) is 9.68. The van der Waals surface area contributed by atoms with E-state index in [9.17, 15) is 4.79 Å². The van der Waals surface area contributed by atoms with E-state index >= 15 is 0 Å². The highest BCUT2D eigenvalue weighted by Crippen LogP contribution is 2.15. The molecule has 84 valence electrons. The maximum Gasteiger partial charge on any atom is 0.224 e. The van der Waals surface area contributed by atoms with E-state index in [0.717, 1.165) is 32.4 Å². The molecule has 4 heteroatoms. The summed E-state index contributed by atoms with van der Waals surface area (Å²) >= 11 is 0. The lowest BCUT2D eigenvalue weighted by atomic mass is 9.91. The van der Waals surface area contributed by atoms with Crippen LogP contribution in [0.5, 0.6) is 0 Å². The van der Waals surface area contributed by atoms with E-state index < -0.39 is 0 Å². The summed E-state index contributed by atoms with van der Waals surface area (Å²) in [5.41, 5.74) is 0. The second-order valence-electron chi connectivity index (χ2n) is 3.78. The summed E-state index contributed by atoms with van der Waals surface area (Å²) in [6.07, 6.45) is 3.17. The highest BCUT2D eigenvalue weighted by molar-refractivity contribution is 5.85. The quantitative estimate of drug-likeness (QED) is 0.754. The molecular formula is C10H21ClN2O. The summed E-state index contributed by atoms with van der Waals surface area (Å²) in [5.74, 6) is 0.404. The summed E-state index contributed by atoms with van der Waals surface area (Å²) in [4.78, 5) is 11.6. The van der Waals surface area contributed by atoms with Crippen molar-refractivity contribution < 1.29 is 4.79 Å². The zero-order valence-corrected chi connectivity index (χ0v) is 9.82. The van der Waals surface area contributed by atoms with Gasteiger partial charge < -0.3 is 10.6 Å². The summed E-state index contributed by atoms with van der Waals surface area (Å²) in [6, 6.07) is 0.339.